The van der Waals surface area contributed by atoms with Crippen LogP contribution in [0.3, 0.4) is 0 Å². The summed E-state index contributed by atoms with van der Waals surface area (Å²) in [7, 11) is -3.61. The lowest BCUT2D eigenvalue weighted by molar-refractivity contribution is 0.472. The molecule has 0 aliphatic rings. The van der Waals surface area contributed by atoms with E-state index in [1.807, 2.05) is 0 Å². The van der Waals surface area contributed by atoms with Crippen LogP contribution in [0.2, 0.25) is 0 Å². The third-order valence-electron chi connectivity index (χ3n) is 3.15. The number of aromatic nitrogens is 2. The molecule has 0 radical (unpaired) electrons. The molecule has 118 valence electrons. The predicted octanol–water partition coefficient (Wildman–Crippen LogP) is 1.21. The highest BCUT2D eigenvalue weighted by atomic mass is 32.2. The second kappa shape index (κ2) is 7.53. The van der Waals surface area contributed by atoms with Crippen molar-refractivity contribution in [3.63, 3.8) is 0 Å². The summed E-state index contributed by atoms with van der Waals surface area (Å²) in [5, 5.41) is 4.32. The van der Waals surface area contributed by atoms with E-state index in [4.69, 9.17) is 5.73 Å². The molecule has 1 aromatic heterocycles. The second-order valence-electron chi connectivity index (χ2n) is 4.76. The molecular weight excluding hydrogens is 288 g/mol. The fraction of sp³-hybridized carbons (Fsp3) is 0.500. The average Bonchev–Trinajstić information content (AvgIpc) is 2.71. The van der Waals surface area contributed by atoms with E-state index in [0.717, 1.165) is 6.42 Å². The number of sulfonamides is 1. The summed E-state index contributed by atoms with van der Waals surface area (Å²) in [4.78, 5) is 0.267. The van der Waals surface area contributed by atoms with Gasteiger partial charge in [0.1, 0.15) is 4.90 Å². The van der Waals surface area contributed by atoms with Gasteiger partial charge in [-0.25, -0.2) is 8.42 Å². The van der Waals surface area contributed by atoms with Crippen molar-refractivity contribution in [3.8, 4) is 0 Å². The number of aryl methyl sites for hydroxylation is 2. The molecule has 7 heteroatoms. The van der Waals surface area contributed by atoms with Gasteiger partial charge in [0.05, 0.1) is 11.4 Å². The summed E-state index contributed by atoms with van der Waals surface area (Å²) in [6, 6.07) is 0. The van der Waals surface area contributed by atoms with Crippen LogP contribution < -0.4 is 5.73 Å². The maximum atomic E-state index is 12.8. The molecule has 0 spiro atoms. The molecule has 0 bridgehead atoms. The van der Waals surface area contributed by atoms with Gasteiger partial charge in [-0.15, -0.1) is 13.2 Å². The van der Waals surface area contributed by atoms with E-state index in [2.05, 4.69) is 18.3 Å². The van der Waals surface area contributed by atoms with Gasteiger partial charge in [-0.3, -0.25) is 4.68 Å². The van der Waals surface area contributed by atoms with Gasteiger partial charge in [0.25, 0.3) is 0 Å². The van der Waals surface area contributed by atoms with Gasteiger partial charge in [-0.1, -0.05) is 12.2 Å². The van der Waals surface area contributed by atoms with Gasteiger partial charge in [0.2, 0.25) is 10.0 Å². The van der Waals surface area contributed by atoms with Crippen LogP contribution in [0.5, 0.6) is 0 Å². The van der Waals surface area contributed by atoms with Crippen molar-refractivity contribution in [2.24, 2.45) is 5.73 Å². The Labute approximate surface area is 127 Å². The number of hydrogen-bond acceptors (Lipinski definition) is 4. The highest BCUT2D eigenvalue weighted by molar-refractivity contribution is 7.89. The zero-order valence-electron chi connectivity index (χ0n) is 12.7. The molecule has 0 amide bonds. The largest absolute Gasteiger partial charge is 0.330 e. The zero-order valence-corrected chi connectivity index (χ0v) is 13.6. The first-order valence-electron chi connectivity index (χ1n) is 6.86. The summed E-state index contributed by atoms with van der Waals surface area (Å²) < 4.78 is 28.6. The molecule has 0 saturated heterocycles. The van der Waals surface area contributed by atoms with E-state index in [9.17, 15) is 8.42 Å². The quantitative estimate of drug-likeness (QED) is 0.695. The van der Waals surface area contributed by atoms with Crippen molar-refractivity contribution >= 4 is 10.0 Å². The molecule has 0 aliphatic heterocycles. The molecular formula is C14H24N4O2S. The van der Waals surface area contributed by atoms with E-state index in [1.54, 1.807) is 30.7 Å². The number of nitrogens with zero attached hydrogens (tertiary/aromatic N) is 3. The Morgan fingerprint density at radius 3 is 2.33 bits per heavy atom. The monoisotopic (exact) mass is 312 g/mol. The van der Waals surface area contributed by atoms with Crippen molar-refractivity contribution < 1.29 is 8.42 Å². The lowest BCUT2D eigenvalue weighted by Crippen LogP contribution is -2.32. The Morgan fingerprint density at radius 2 is 1.86 bits per heavy atom. The smallest absolute Gasteiger partial charge is 0.247 e. The van der Waals surface area contributed by atoms with Crippen molar-refractivity contribution in [2.45, 2.75) is 31.7 Å². The Balaban J connectivity index is 3.26. The summed E-state index contributed by atoms with van der Waals surface area (Å²) >= 11 is 0. The summed E-state index contributed by atoms with van der Waals surface area (Å²) in [5.41, 5.74) is 6.64. The molecule has 0 fully saturated rings. The van der Waals surface area contributed by atoms with E-state index >= 15 is 0 Å². The molecule has 0 aliphatic carbocycles. The predicted molar refractivity (Wildman–Crippen MR) is 84.5 cm³/mol. The zero-order chi connectivity index (χ0) is 16.0. The highest BCUT2D eigenvalue weighted by Gasteiger charge is 2.29. The first-order valence-corrected chi connectivity index (χ1v) is 8.30. The Bertz CT molecular complexity index is 595. The van der Waals surface area contributed by atoms with E-state index in [0.29, 0.717) is 24.5 Å². The molecule has 21 heavy (non-hydrogen) atoms. The number of rotatable bonds is 9. The van der Waals surface area contributed by atoms with Gasteiger partial charge in [-0.05, 0) is 26.8 Å². The van der Waals surface area contributed by atoms with Gasteiger partial charge < -0.3 is 5.73 Å². The molecule has 2 N–H and O–H groups in total. The lowest BCUT2D eigenvalue weighted by atomic mass is 10.4. The van der Waals surface area contributed by atoms with Gasteiger partial charge in [0.15, 0.2) is 0 Å². The van der Waals surface area contributed by atoms with Crippen LogP contribution in [0.15, 0.2) is 30.2 Å². The van der Waals surface area contributed by atoms with E-state index in [-0.39, 0.29) is 18.0 Å². The third kappa shape index (κ3) is 3.81. The van der Waals surface area contributed by atoms with E-state index < -0.39 is 10.0 Å². The summed E-state index contributed by atoms with van der Waals surface area (Å²) in [6.07, 6.45) is 3.87. The Hall–Kier alpha value is -1.44. The number of nitrogens with two attached hydrogens (primary N) is 1. The van der Waals surface area contributed by atoms with Crippen LogP contribution in [0.4, 0.5) is 0 Å². The van der Waals surface area contributed by atoms with Crippen LogP contribution >= 0.6 is 0 Å². The van der Waals surface area contributed by atoms with Crippen molar-refractivity contribution in [3.05, 3.63) is 36.7 Å². The van der Waals surface area contributed by atoms with Gasteiger partial charge in [-0.2, -0.15) is 9.40 Å². The molecule has 6 nitrogen and oxygen atoms in total. The molecule has 1 heterocycles. The molecule has 0 unspecified atom stereocenters. The highest BCUT2D eigenvalue weighted by Crippen LogP contribution is 2.23. The Kier molecular flexibility index (Phi) is 6.32. The van der Waals surface area contributed by atoms with Crippen LogP contribution in [-0.2, 0) is 16.6 Å². The second-order valence-corrected chi connectivity index (χ2v) is 6.64. The first-order chi connectivity index (χ1) is 9.89. The topological polar surface area (TPSA) is 81.2 Å². The van der Waals surface area contributed by atoms with Crippen LogP contribution in [-0.4, -0.2) is 42.1 Å². The number of hydrogen-bond donors (Lipinski definition) is 1. The first kappa shape index (κ1) is 17.6. The minimum Gasteiger partial charge on any atom is -0.330 e. The fourth-order valence-corrected chi connectivity index (χ4v) is 3.95. The van der Waals surface area contributed by atoms with Gasteiger partial charge >= 0.3 is 0 Å². The minimum atomic E-state index is -3.61. The van der Waals surface area contributed by atoms with E-state index in [1.165, 1.54) is 4.31 Å². The van der Waals surface area contributed by atoms with Gasteiger partial charge in [0, 0.05) is 19.6 Å². The molecule has 0 saturated carbocycles. The molecule has 1 rings (SSSR count). The maximum Gasteiger partial charge on any atom is 0.247 e. The third-order valence-corrected chi connectivity index (χ3v) is 5.24. The standard InChI is InChI=1S/C14H24N4O2S/c1-5-9-17(10-6-2)21(19,20)14-12(3)16-18(13(14)4)11-7-8-15/h5-6H,1-2,7-11,15H2,3-4H3. The summed E-state index contributed by atoms with van der Waals surface area (Å²) in [6.45, 7) is 12.3. The molecule has 1 aromatic rings. The normalized spacial score (nSPS) is 11.8. The lowest BCUT2D eigenvalue weighted by Gasteiger charge is -2.19. The Morgan fingerprint density at radius 1 is 1.29 bits per heavy atom. The molecule has 0 atom stereocenters. The van der Waals surface area contributed by atoms with Crippen molar-refractivity contribution in [1.29, 1.82) is 0 Å². The van der Waals surface area contributed by atoms with Crippen molar-refractivity contribution in [2.75, 3.05) is 19.6 Å². The van der Waals surface area contributed by atoms with Crippen LogP contribution in [0, 0.1) is 13.8 Å². The summed E-state index contributed by atoms with van der Waals surface area (Å²) in [5.74, 6) is 0. The average molecular weight is 312 g/mol. The fourth-order valence-electron chi connectivity index (χ4n) is 2.20. The minimum absolute atomic E-state index is 0.237. The SMILES string of the molecule is C=CCN(CC=C)S(=O)(=O)c1c(C)nn(CCCN)c1C. The maximum absolute atomic E-state index is 12.8. The van der Waals surface area contributed by atoms with Crippen molar-refractivity contribution in [1.82, 2.24) is 14.1 Å². The molecule has 0 aromatic carbocycles. The van der Waals surface area contributed by atoms with Crippen LogP contribution in [0.1, 0.15) is 17.8 Å². The van der Waals surface area contributed by atoms with Crippen LogP contribution in [0.25, 0.3) is 0 Å².